The number of rotatable bonds is 9. The molecular weight excluding hydrogens is 164 g/mol. The maximum atomic E-state index is 5.63. The second-order valence-electron chi connectivity index (χ2n) is 3.18. The predicted molar refractivity (Wildman–Crippen MR) is 55.7 cm³/mol. The molecule has 0 amide bonds. The van der Waals surface area contributed by atoms with E-state index in [9.17, 15) is 0 Å². The van der Waals surface area contributed by atoms with E-state index in [1.54, 1.807) is 0 Å². The summed E-state index contributed by atoms with van der Waals surface area (Å²) in [5.41, 5.74) is 0. The van der Waals surface area contributed by atoms with Gasteiger partial charge in [-0.1, -0.05) is 27.2 Å². The van der Waals surface area contributed by atoms with Gasteiger partial charge >= 0.3 is 0 Å². The van der Waals surface area contributed by atoms with Crippen LogP contribution in [0.2, 0.25) is 0 Å². The zero-order valence-corrected chi connectivity index (χ0v) is 9.05. The van der Waals surface area contributed by atoms with Gasteiger partial charge in [-0.3, -0.25) is 0 Å². The molecule has 0 saturated heterocycles. The fourth-order valence-electron chi connectivity index (χ4n) is 0.995. The Hall–Kier alpha value is -0.0800. The average Bonchev–Trinajstić information content (AvgIpc) is 2.16. The molecule has 0 aliphatic carbocycles. The molecule has 0 spiro atoms. The maximum Gasteiger partial charge on any atom is 0.0805 e. The van der Waals surface area contributed by atoms with Gasteiger partial charge in [0.1, 0.15) is 0 Å². The van der Waals surface area contributed by atoms with Crippen LogP contribution in [0.5, 0.6) is 0 Å². The smallest absolute Gasteiger partial charge is 0.0805 e. The molecule has 1 atom stereocenters. The van der Waals surface area contributed by atoms with Gasteiger partial charge in [0.25, 0.3) is 0 Å². The van der Waals surface area contributed by atoms with Crippen molar-refractivity contribution in [3.63, 3.8) is 0 Å². The maximum absolute atomic E-state index is 5.63. The van der Waals surface area contributed by atoms with Crippen molar-refractivity contribution in [3.05, 3.63) is 6.92 Å². The molecule has 2 heteroatoms. The van der Waals surface area contributed by atoms with Crippen LogP contribution in [0.4, 0.5) is 0 Å². The Morgan fingerprint density at radius 1 is 1.23 bits per heavy atom. The molecule has 0 heterocycles. The topological polar surface area (TPSA) is 18.5 Å². The summed E-state index contributed by atoms with van der Waals surface area (Å²) in [5.74, 6) is 0. The van der Waals surface area contributed by atoms with Crippen molar-refractivity contribution in [2.45, 2.75) is 45.6 Å². The highest BCUT2D eigenvalue weighted by Gasteiger charge is 2.05. The molecule has 0 aromatic heterocycles. The lowest BCUT2D eigenvalue weighted by Crippen LogP contribution is -2.19. The second kappa shape index (κ2) is 10.0. The Balaban J connectivity index is 3.28. The first-order valence-electron chi connectivity index (χ1n) is 5.33. The highest BCUT2D eigenvalue weighted by molar-refractivity contribution is 4.53. The Labute approximate surface area is 82.6 Å². The summed E-state index contributed by atoms with van der Waals surface area (Å²) in [6.45, 7) is 10.3. The molecule has 0 fully saturated rings. The molecule has 0 aliphatic rings. The second-order valence-corrected chi connectivity index (χ2v) is 3.18. The van der Waals surface area contributed by atoms with E-state index in [4.69, 9.17) is 9.47 Å². The van der Waals surface area contributed by atoms with Gasteiger partial charge in [-0.15, -0.1) is 0 Å². The van der Waals surface area contributed by atoms with Crippen LogP contribution in [0.15, 0.2) is 0 Å². The van der Waals surface area contributed by atoms with Crippen LogP contribution in [0.3, 0.4) is 0 Å². The Bertz CT molecular complexity index is 84.1. The minimum atomic E-state index is 0.276. The van der Waals surface area contributed by atoms with Crippen LogP contribution in [0.25, 0.3) is 0 Å². The summed E-state index contributed by atoms with van der Waals surface area (Å²) < 4.78 is 11.0. The third-order valence-electron chi connectivity index (χ3n) is 1.90. The molecule has 0 aromatic carbocycles. The number of hydrogen-bond donors (Lipinski definition) is 0. The summed E-state index contributed by atoms with van der Waals surface area (Å²) in [7, 11) is 0. The molecule has 0 bridgehead atoms. The Morgan fingerprint density at radius 3 is 2.54 bits per heavy atom. The summed E-state index contributed by atoms with van der Waals surface area (Å²) in [5, 5.41) is 0. The van der Waals surface area contributed by atoms with Crippen LogP contribution in [0, 0.1) is 6.92 Å². The van der Waals surface area contributed by atoms with Crippen molar-refractivity contribution in [3.8, 4) is 0 Å². The third kappa shape index (κ3) is 8.26. The van der Waals surface area contributed by atoms with Gasteiger partial charge in [0.05, 0.1) is 12.7 Å². The van der Waals surface area contributed by atoms with E-state index in [1.807, 2.05) is 0 Å². The van der Waals surface area contributed by atoms with Crippen molar-refractivity contribution in [2.24, 2.45) is 0 Å². The Kier molecular flexibility index (Phi) is 9.94. The number of ether oxygens (including phenoxy) is 2. The van der Waals surface area contributed by atoms with E-state index in [1.165, 1.54) is 6.42 Å². The van der Waals surface area contributed by atoms with Crippen LogP contribution in [0.1, 0.15) is 39.5 Å². The van der Waals surface area contributed by atoms with Crippen LogP contribution in [-0.2, 0) is 9.47 Å². The van der Waals surface area contributed by atoms with Gasteiger partial charge in [-0.05, 0) is 19.3 Å². The Morgan fingerprint density at radius 2 is 2.00 bits per heavy atom. The van der Waals surface area contributed by atoms with Crippen molar-refractivity contribution >= 4 is 0 Å². The first-order valence-corrected chi connectivity index (χ1v) is 5.33. The van der Waals surface area contributed by atoms with Crippen molar-refractivity contribution in [1.29, 1.82) is 0 Å². The molecule has 79 valence electrons. The van der Waals surface area contributed by atoms with Crippen molar-refractivity contribution in [1.82, 2.24) is 0 Å². The van der Waals surface area contributed by atoms with Crippen molar-refractivity contribution < 1.29 is 9.47 Å². The quantitative estimate of drug-likeness (QED) is 0.517. The van der Waals surface area contributed by atoms with E-state index in [-0.39, 0.29) is 6.10 Å². The number of hydrogen-bond acceptors (Lipinski definition) is 2. The molecule has 0 aromatic rings. The van der Waals surface area contributed by atoms with E-state index in [0.717, 1.165) is 39.1 Å². The lowest BCUT2D eigenvalue weighted by molar-refractivity contribution is -0.0180. The van der Waals surface area contributed by atoms with E-state index in [2.05, 4.69) is 20.8 Å². The molecule has 13 heavy (non-hydrogen) atoms. The van der Waals surface area contributed by atoms with Gasteiger partial charge in [-0.2, -0.15) is 0 Å². The largest absolute Gasteiger partial charge is 0.379 e. The van der Waals surface area contributed by atoms with Crippen LogP contribution >= 0.6 is 0 Å². The van der Waals surface area contributed by atoms with Crippen molar-refractivity contribution in [2.75, 3.05) is 19.8 Å². The molecule has 0 saturated carbocycles. The van der Waals surface area contributed by atoms with E-state index in [0.29, 0.717) is 0 Å². The normalized spacial score (nSPS) is 13.2. The first kappa shape index (κ1) is 12.9. The lowest BCUT2D eigenvalue weighted by atomic mass is 10.3. The lowest BCUT2D eigenvalue weighted by Gasteiger charge is -2.15. The van der Waals surface area contributed by atoms with Gasteiger partial charge in [-0.25, -0.2) is 0 Å². The highest BCUT2D eigenvalue weighted by atomic mass is 16.5. The monoisotopic (exact) mass is 187 g/mol. The van der Waals surface area contributed by atoms with E-state index >= 15 is 0 Å². The average molecular weight is 187 g/mol. The molecule has 0 aliphatic heterocycles. The highest BCUT2D eigenvalue weighted by Crippen LogP contribution is 2.01. The van der Waals surface area contributed by atoms with Crippen LogP contribution < -0.4 is 0 Å². The summed E-state index contributed by atoms with van der Waals surface area (Å²) in [4.78, 5) is 0. The standard InChI is InChI=1S/C11H23O2/c1-4-7-9-13-11(6-3)10-12-8-5-2/h11H,2,4-10H2,1,3H3. The summed E-state index contributed by atoms with van der Waals surface area (Å²) >= 11 is 0. The fourth-order valence-corrected chi connectivity index (χ4v) is 0.995. The zero-order chi connectivity index (χ0) is 9.94. The molecule has 2 nitrogen and oxygen atoms in total. The summed E-state index contributed by atoms with van der Waals surface area (Å²) in [6, 6.07) is 0. The molecule has 1 unspecified atom stereocenters. The van der Waals surface area contributed by atoms with Gasteiger partial charge < -0.3 is 9.47 Å². The molecular formula is C11H23O2. The fraction of sp³-hybridized carbons (Fsp3) is 0.909. The van der Waals surface area contributed by atoms with Gasteiger partial charge in [0.2, 0.25) is 0 Å². The third-order valence-corrected chi connectivity index (χ3v) is 1.90. The first-order chi connectivity index (χ1) is 6.35. The molecule has 1 radical (unpaired) electrons. The zero-order valence-electron chi connectivity index (χ0n) is 9.05. The minimum Gasteiger partial charge on any atom is -0.379 e. The van der Waals surface area contributed by atoms with Gasteiger partial charge in [0.15, 0.2) is 0 Å². The summed E-state index contributed by atoms with van der Waals surface area (Å²) in [6.07, 6.45) is 4.48. The van der Waals surface area contributed by atoms with Crippen LogP contribution in [-0.4, -0.2) is 25.9 Å². The molecule has 0 rings (SSSR count). The minimum absolute atomic E-state index is 0.276. The number of unbranched alkanes of at least 4 members (excludes halogenated alkanes) is 1. The molecule has 0 N–H and O–H groups in total. The van der Waals surface area contributed by atoms with E-state index < -0.39 is 0 Å². The van der Waals surface area contributed by atoms with Gasteiger partial charge in [0, 0.05) is 13.2 Å². The SMILES string of the molecule is [CH2]CCOCC(CC)OCCCC. The predicted octanol–water partition coefficient (Wildman–Crippen LogP) is 2.82.